The predicted octanol–water partition coefficient (Wildman–Crippen LogP) is 17.3. The van der Waals surface area contributed by atoms with Gasteiger partial charge in [-0.3, -0.25) is 9.59 Å². The number of allylic oxidation sites excluding steroid dienone is 4. The second-order valence-electron chi connectivity index (χ2n) is 20.4. The third-order valence-corrected chi connectivity index (χ3v) is 19.6. The number of amides is 2. The second kappa shape index (κ2) is 26.3. The minimum absolute atomic E-state index is 0.138. The van der Waals surface area contributed by atoms with Crippen LogP contribution in [0.1, 0.15) is 135 Å². The van der Waals surface area contributed by atoms with Crippen LogP contribution in [-0.4, -0.2) is 47.8 Å². The fraction of sp³-hybridized carbons (Fsp3) is 0.294. The number of unbranched alkanes of at least 4 members (excludes halogenated alkanes) is 10. The molecular formula is C68H62N8O2S4. The zero-order valence-electron chi connectivity index (χ0n) is 46.7. The quantitative estimate of drug-likeness (QED) is 0.0296. The second-order valence-corrected chi connectivity index (χ2v) is 24.7. The summed E-state index contributed by atoms with van der Waals surface area (Å²) in [5.41, 5.74) is 7.36. The molecule has 0 aliphatic carbocycles. The SMILES string of the molecule is CCCCCCCCN1C(=O)C2=C(c3ccc(C(=C(C#N)C#N)C(=C(C#N)C#N)c4ccc5c(c4)Sc4ccccc4N5CC)s3)N(CCCCCCCC)C(=O)C2=C1c1ccc(C#Cc2ccc3c(c2)Sc2ccccc2N3CC)s1. The Morgan fingerprint density at radius 2 is 0.927 bits per heavy atom. The Hall–Kier alpha value is -8.00. The molecule has 2 aromatic heterocycles. The highest BCUT2D eigenvalue weighted by molar-refractivity contribution is 8.00. The summed E-state index contributed by atoms with van der Waals surface area (Å²) in [4.78, 5) is 46.1. The monoisotopic (exact) mass is 1150 g/mol. The molecule has 10 nitrogen and oxygen atoms in total. The van der Waals surface area contributed by atoms with E-state index in [1.54, 1.807) is 34.5 Å². The molecule has 0 radical (unpaired) electrons. The Kier molecular flexibility index (Phi) is 18.3. The number of carbonyl (C=O) groups excluding carboxylic acids is 2. The fourth-order valence-electron chi connectivity index (χ4n) is 11.3. The van der Waals surface area contributed by atoms with E-state index in [9.17, 15) is 21.0 Å². The van der Waals surface area contributed by atoms with Crippen LogP contribution < -0.4 is 9.80 Å². The van der Waals surface area contributed by atoms with Crippen molar-refractivity contribution in [2.24, 2.45) is 0 Å². The van der Waals surface area contributed by atoms with Crippen LogP contribution in [-0.2, 0) is 9.59 Å². The first-order chi connectivity index (χ1) is 40.2. The van der Waals surface area contributed by atoms with Crippen molar-refractivity contribution in [2.45, 2.75) is 124 Å². The number of anilines is 4. The third-order valence-electron chi connectivity index (χ3n) is 15.3. The topological polar surface area (TPSA) is 142 Å². The molecule has 82 heavy (non-hydrogen) atoms. The molecule has 0 saturated carbocycles. The van der Waals surface area contributed by atoms with E-state index < -0.39 is 0 Å². The normalized spacial score (nSPS) is 13.8. The lowest BCUT2D eigenvalue weighted by Crippen LogP contribution is -2.30. The van der Waals surface area contributed by atoms with Gasteiger partial charge in [-0.25, -0.2) is 0 Å². The van der Waals surface area contributed by atoms with E-state index in [0.717, 1.165) is 131 Å². The number of benzene rings is 4. The van der Waals surface area contributed by atoms with E-state index in [2.05, 4.69) is 128 Å². The van der Waals surface area contributed by atoms with Crippen molar-refractivity contribution in [2.75, 3.05) is 36.0 Å². The molecule has 0 bridgehead atoms. The Morgan fingerprint density at radius 1 is 0.451 bits per heavy atom. The van der Waals surface area contributed by atoms with Crippen LogP contribution in [0.4, 0.5) is 22.7 Å². The molecule has 14 heteroatoms. The summed E-state index contributed by atoms with van der Waals surface area (Å²) in [6.45, 7) is 11.0. The molecule has 0 saturated heterocycles. The molecule has 410 valence electrons. The highest BCUT2D eigenvalue weighted by Crippen LogP contribution is 2.53. The number of fused-ring (bicyclic) bond motifs is 5. The van der Waals surface area contributed by atoms with E-state index in [0.29, 0.717) is 57.5 Å². The molecule has 0 unspecified atom stereocenters. The Morgan fingerprint density at radius 3 is 1.48 bits per heavy atom. The van der Waals surface area contributed by atoms with E-state index in [-0.39, 0.29) is 34.1 Å². The number of thiophene rings is 2. The summed E-state index contributed by atoms with van der Waals surface area (Å²) in [6, 6.07) is 44.6. The molecule has 6 heterocycles. The van der Waals surface area contributed by atoms with Gasteiger partial charge in [-0.15, -0.1) is 22.7 Å². The summed E-state index contributed by atoms with van der Waals surface area (Å²) < 4.78 is 0. The fourth-order valence-corrected chi connectivity index (χ4v) is 15.7. The molecule has 0 fully saturated rings. The number of hydrogen-bond acceptors (Lipinski definition) is 12. The molecule has 0 N–H and O–H groups in total. The van der Waals surface area contributed by atoms with Gasteiger partial charge in [-0.2, -0.15) is 21.0 Å². The van der Waals surface area contributed by atoms with Gasteiger partial charge in [0.25, 0.3) is 11.8 Å². The van der Waals surface area contributed by atoms with Crippen molar-refractivity contribution in [1.29, 1.82) is 21.0 Å². The summed E-state index contributed by atoms with van der Waals surface area (Å²) in [7, 11) is 0. The van der Waals surface area contributed by atoms with E-state index in [1.807, 2.05) is 53.4 Å². The van der Waals surface area contributed by atoms with Gasteiger partial charge in [0.2, 0.25) is 0 Å². The van der Waals surface area contributed by atoms with Crippen LogP contribution in [0.15, 0.2) is 151 Å². The molecule has 10 rings (SSSR count). The van der Waals surface area contributed by atoms with Gasteiger partial charge < -0.3 is 19.6 Å². The maximum absolute atomic E-state index is 15.5. The van der Waals surface area contributed by atoms with Crippen molar-refractivity contribution >= 4 is 103 Å². The zero-order chi connectivity index (χ0) is 57.3. The van der Waals surface area contributed by atoms with Gasteiger partial charge in [0.05, 0.1) is 59.9 Å². The van der Waals surface area contributed by atoms with Crippen LogP contribution in [0.5, 0.6) is 0 Å². The molecule has 4 aliphatic heterocycles. The third kappa shape index (κ3) is 11.3. The number of nitriles is 4. The van der Waals surface area contributed by atoms with Crippen LogP contribution in [0.2, 0.25) is 0 Å². The summed E-state index contributed by atoms with van der Waals surface area (Å²) in [6.07, 6.45) is 12.2. The van der Waals surface area contributed by atoms with Crippen LogP contribution in [0.3, 0.4) is 0 Å². The van der Waals surface area contributed by atoms with Crippen molar-refractivity contribution < 1.29 is 9.59 Å². The van der Waals surface area contributed by atoms with Crippen molar-refractivity contribution in [1.82, 2.24) is 9.80 Å². The minimum Gasteiger partial charge on any atom is -0.340 e. The lowest BCUT2D eigenvalue weighted by atomic mass is 9.89. The van der Waals surface area contributed by atoms with Gasteiger partial charge in [-0.1, -0.05) is 144 Å². The summed E-state index contributed by atoms with van der Waals surface area (Å²) in [5.74, 6) is 6.37. The Balaban J connectivity index is 1.07. The van der Waals surface area contributed by atoms with Gasteiger partial charge in [0.15, 0.2) is 0 Å². The number of hydrogen-bond donors (Lipinski definition) is 0. The van der Waals surface area contributed by atoms with E-state index in [1.165, 1.54) is 33.3 Å². The lowest BCUT2D eigenvalue weighted by molar-refractivity contribution is -0.124. The highest BCUT2D eigenvalue weighted by Gasteiger charge is 2.49. The van der Waals surface area contributed by atoms with Gasteiger partial charge in [0.1, 0.15) is 35.4 Å². The Labute approximate surface area is 499 Å². The smallest absolute Gasteiger partial charge is 0.261 e. The van der Waals surface area contributed by atoms with Crippen LogP contribution in [0, 0.1) is 57.2 Å². The average Bonchev–Trinajstić information content (AvgIpc) is 3.27. The van der Waals surface area contributed by atoms with Gasteiger partial charge >= 0.3 is 0 Å². The van der Waals surface area contributed by atoms with Gasteiger partial charge in [0, 0.05) is 67.3 Å². The van der Waals surface area contributed by atoms with E-state index >= 15 is 9.59 Å². The van der Waals surface area contributed by atoms with Crippen molar-refractivity contribution in [3.63, 3.8) is 0 Å². The highest BCUT2D eigenvalue weighted by atomic mass is 32.2. The molecule has 0 atom stereocenters. The zero-order valence-corrected chi connectivity index (χ0v) is 50.0. The number of nitrogens with zero attached hydrogens (tertiary/aromatic N) is 8. The first-order valence-electron chi connectivity index (χ1n) is 28.5. The number of rotatable bonds is 21. The molecule has 6 aromatic rings. The Bertz CT molecular complexity index is 3840. The standard InChI is InChI=1S/C68H62N8O2S4/c1-5-9-11-13-15-21-37-75-65(57-34-31-49(79-57)30-27-45-28-32-52-59(39-45)80-54-25-19-17-23-50(54)73(52)7-3)63-64(68(75)78)66(76(67(63)77)38-22-16-14-12-10-6-2)58-36-35-56(82-58)62(48(43-71)44-72)61(47(41-69)42-70)46-29-33-53-60(40-46)81-55-26-20-18-24-51(55)74(53)8-4/h17-20,23-26,28-29,31-36,39-40H,5-16,21-22,37-38H2,1-4H3. The minimum atomic E-state index is -0.276. The van der Waals surface area contributed by atoms with Crippen molar-refractivity contribution in [3.05, 3.63) is 162 Å². The van der Waals surface area contributed by atoms with Crippen molar-refractivity contribution in [3.8, 4) is 36.1 Å². The van der Waals surface area contributed by atoms with Gasteiger partial charge in [-0.05, 0) is 111 Å². The molecule has 0 spiro atoms. The maximum Gasteiger partial charge on any atom is 0.261 e. The largest absolute Gasteiger partial charge is 0.340 e. The van der Waals surface area contributed by atoms with Crippen LogP contribution >= 0.6 is 46.2 Å². The molecule has 4 aliphatic rings. The molecule has 4 aromatic carbocycles. The average molecular weight is 1150 g/mol. The van der Waals surface area contributed by atoms with E-state index in [4.69, 9.17) is 0 Å². The maximum atomic E-state index is 15.5. The first kappa shape index (κ1) is 57.2. The summed E-state index contributed by atoms with van der Waals surface area (Å²) in [5, 5.41) is 42.7. The predicted molar refractivity (Wildman–Crippen MR) is 334 cm³/mol. The van der Waals surface area contributed by atoms with Crippen LogP contribution in [0.25, 0.3) is 22.5 Å². The molecule has 2 amide bonds. The number of para-hydroxylation sites is 2. The summed E-state index contributed by atoms with van der Waals surface area (Å²) >= 11 is 6.05. The first-order valence-corrected chi connectivity index (χ1v) is 31.8. The molecular weight excluding hydrogens is 1090 g/mol. The number of carbonyl (C=O) groups is 2. The lowest BCUT2D eigenvalue weighted by Gasteiger charge is -2.32.